The molecule has 16 heavy (non-hydrogen) atoms. The second kappa shape index (κ2) is 4.66. The van der Waals surface area contributed by atoms with Crippen molar-refractivity contribution < 1.29 is 9.90 Å². The Kier molecular flexibility index (Phi) is 3.25. The number of likely N-dealkylation sites (N-methyl/N-ethyl adjacent to an activating group) is 1. The Bertz CT molecular complexity index is 389. The zero-order valence-electron chi connectivity index (χ0n) is 9.52. The number of fused-ring (bicyclic) bond motifs is 1. The number of hydrogen-bond acceptors (Lipinski definition) is 2. The number of aliphatic hydroxyl groups excluding tert-OH is 1. The van der Waals surface area contributed by atoms with Gasteiger partial charge in [-0.15, -0.1) is 0 Å². The van der Waals surface area contributed by atoms with E-state index in [1.807, 2.05) is 18.2 Å². The van der Waals surface area contributed by atoms with Gasteiger partial charge >= 0.3 is 0 Å². The van der Waals surface area contributed by atoms with Gasteiger partial charge in [0.2, 0.25) is 5.91 Å². The first-order valence-electron chi connectivity index (χ1n) is 5.67. The fraction of sp³-hybridized carbons (Fsp3) is 0.462. The Labute approximate surface area is 95.7 Å². The third-order valence-corrected chi connectivity index (χ3v) is 3.24. The topological polar surface area (TPSA) is 40.5 Å². The second-order valence-electron chi connectivity index (χ2n) is 4.27. The Morgan fingerprint density at radius 3 is 3.00 bits per heavy atom. The van der Waals surface area contributed by atoms with Crippen molar-refractivity contribution in [1.29, 1.82) is 0 Å². The number of nitrogens with zero attached hydrogens (tertiary/aromatic N) is 1. The van der Waals surface area contributed by atoms with Crippen LogP contribution in [0.2, 0.25) is 0 Å². The third kappa shape index (κ3) is 1.95. The van der Waals surface area contributed by atoms with E-state index >= 15 is 0 Å². The summed E-state index contributed by atoms with van der Waals surface area (Å²) in [6.45, 7) is 0.439. The van der Waals surface area contributed by atoms with Gasteiger partial charge in [-0.05, 0) is 24.0 Å². The number of hydrogen-bond donors (Lipinski definition) is 1. The van der Waals surface area contributed by atoms with Crippen molar-refractivity contribution in [3.05, 3.63) is 35.4 Å². The minimum Gasteiger partial charge on any atom is -0.395 e. The molecule has 0 aromatic heterocycles. The van der Waals surface area contributed by atoms with Crippen molar-refractivity contribution in [3.63, 3.8) is 0 Å². The minimum atomic E-state index is -0.00671. The van der Waals surface area contributed by atoms with Crippen LogP contribution in [-0.2, 0) is 11.2 Å². The molecule has 3 heteroatoms. The fourth-order valence-electron chi connectivity index (χ4n) is 2.34. The molecule has 0 saturated heterocycles. The second-order valence-corrected chi connectivity index (χ2v) is 4.27. The standard InChI is InChI=1S/C13H17NO2/c1-14(8-9-15)13(16)12-7-6-10-4-2-3-5-11(10)12/h2-5,12,15H,6-9H2,1H3/t12-/m1/s1. The lowest BCUT2D eigenvalue weighted by Crippen LogP contribution is -2.33. The zero-order valence-corrected chi connectivity index (χ0v) is 9.52. The number of carbonyl (C=O) groups excluding carboxylic acids is 1. The number of amides is 1. The van der Waals surface area contributed by atoms with Gasteiger partial charge in [0.15, 0.2) is 0 Å². The van der Waals surface area contributed by atoms with Crippen LogP contribution in [0.15, 0.2) is 24.3 Å². The monoisotopic (exact) mass is 219 g/mol. The Balaban J connectivity index is 2.16. The lowest BCUT2D eigenvalue weighted by atomic mass is 10.00. The summed E-state index contributed by atoms with van der Waals surface area (Å²) >= 11 is 0. The normalized spacial score (nSPS) is 18.2. The first kappa shape index (κ1) is 11.1. The van der Waals surface area contributed by atoms with Crippen LogP contribution < -0.4 is 0 Å². The van der Waals surface area contributed by atoms with Crippen molar-refractivity contribution in [2.24, 2.45) is 0 Å². The van der Waals surface area contributed by atoms with Crippen LogP contribution in [0, 0.1) is 0 Å². The molecule has 0 unspecified atom stereocenters. The molecule has 86 valence electrons. The van der Waals surface area contributed by atoms with E-state index in [0.717, 1.165) is 18.4 Å². The number of aliphatic hydroxyl groups is 1. The van der Waals surface area contributed by atoms with Gasteiger partial charge in [0.25, 0.3) is 0 Å². The molecule has 3 nitrogen and oxygen atoms in total. The minimum absolute atomic E-state index is 0.00671. The van der Waals surface area contributed by atoms with E-state index in [4.69, 9.17) is 5.11 Å². The van der Waals surface area contributed by atoms with Crippen LogP contribution in [0.1, 0.15) is 23.5 Å². The summed E-state index contributed by atoms with van der Waals surface area (Å²) in [5, 5.41) is 8.83. The largest absolute Gasteiger partial charge is 0.395 e. The van der Waals surface area contributed by atoms with Gasteiger partial charge < -0.3 is 10.0 Å². The number of carbonyl (C=O) groups is 1. The van der Waals surface area contributed by atoms with Gasteiger partial charge in [-0.25, -0.2) is 0 Å². The molecule has 0 spiro atoms. The summed E-state index contributed by atoms with van der Waals surface area (Å²) in [7, 11) is 1.75. The molecule has 0 saturated carbocycles. The van der Waals surface area contributed by atoms with Gasteiger partial charge in [0, 0.05) is 13.6 Å². The van der Waals surface area contributed by atoms with E-state index in [1.54, 1.807) is 11.9 Å². The first-order chi connectivity index (χ1) is 7.74. The average molecular weight is 219 g/mol. The van der Waals surface area contributed by atoms with Crippen molar-refractivity contribution in [2.75, 3.05) is 20.2 Å². The number of rotatable bonds is 3. The van der Waals surface area contributed by atoms with Crippen LogP contribution in [0.4, 0.5) is 0 Å². The van der Waals surface area contributed by atoms with Crippen LogP contribution in [0.25, 0.3) is 0 Å². The molecule has 0 heterocycles. The lowest BCUT2D eigenvalue weighted by molar-refractivity contribution is -0.131. The van der Waals surface area contributed by atoms with Crippen molar-refractivity contribution in [1.82, 2.24) is 4.90 Å². The fourth-order valence-corrected chi connectivity index (χ4v) is 2.34. The van der Waals surface area contributed by atoms with Crippen LogP contribution in [0.5, 0.6) is 0 Å². The molecule has 2 rings (SSSR count). The van der Waals surface area contributed by atoms with E-state index in [1.165, 1.54) is 5.56 Å². The van der Waals surface area contributed by atoms with E-state index in [9.17, 15) is 4.79 Å². The molecule has 1 atom stereocenters. The van der Waals surface area contributed by atoms with Crippen molar-refractivity contribution in [2.45, 2.75) is 18.8 Å². The van der Waals surface area contributed by atoms with Gasteiger partial charge in [-0.1, -0.05) is 24.3 Å². The number of aryl methyl sites for hydroxylation is 1. The summed E-state index contributed by atoms with van der Waals surface area (Å²) < 4.78 is 0. The summed E-state index contributed by atoms with van der Waals surface area (Å²) in [6, 6.07) is 8.13. The quantitative estimate of drug-likeness (QED) is 0.829. The highest BCUT2D eigenvalue weighted by Crippen LogP contribution is 2.33. The van der Waals surface area contributed by atoms with Gasteiger partial charge in [-0.3, -0.25) is 4.79 Å². The zero-order chi connectivity index (χ0) is 11.5. The molecule has 1 aromatic rings. The smallest absolute Gasteiger partial charge is 0.229 e. The lowest BCUT2D eigenvalue weighted by Gasteiger charge is -2.20. The van der Waals surface area contributed by atoms with Crippen molar-refractivity contribution >= 4 is 5.91 Å². The summed E-state index contributed by atoms with van der Waals surface area (Å²) in [4.78, 5) is 13.7. The van der Waals surface area contributed by atoms with Gasteiger partial charge in [0.1, 0.15) is 0 Å². The molecule has 1 amide bonds. The molecule has 1 N–H and O–H groups in total. The predicted octanol–water partition coefficient (Wildman–Crippen LogP) is 1.17. The highest BCUT2D eigenvalue weighted by molar-refractivity contribution is 5.84. The highest BCUT2D eigenvalue weighted by Gasteiger charge is 2.29. The van der Waals surface area contributed by atoms with E-state index in [2.05, 4.69) is 6.07 Å². The van der Waals surface area contributed by atoms with Crippen LogP contribution in [0.3, 0.4) is 0 Å². The molecular weight excluding hydrogens is 202 g/mol. The third-order valence-electron chi connectivity index (χ3n) is 3.24. The van der Waals surface area contributed by atoms with Gasteiger partial charge in [0.05, 0.1) is 12.5 Å². The van der Waals surface area contributed by atoms with Crippen LogP contribution in [-0.4, -0.2) is 36.1 Å². The average Bonchev–Trinajstić information content (AvgIpc) is 2.72. The molecule has 1 aliphatic rings. The molecule has 1 aromatic carbocycles. The molecular formula is C13H17NO2. The van der Waals surface area contributed by atoms with Crippen LogP contribution >= 0.6 is 0 Å². The molecule has 0 bridgehead atoms. The molecule has 1 aliphatic carbocycles. The van der Waals surface area contributed by atoms with E-state index in [0.29, 0.717) is 6.54 Å². The molecule has 0 fully saturated rings. The molecule has 0 aliphatic heterocycles. The predicted molar refractivity (Wildman–Crippen MR) is 62.2 cm³/mol. The maximum absolute atomic E-state index is 12.1. The van der Waals surface area contributed by atoms with Crippen molar-refractivity contribution in [3.8, 4) is 0 Å². The summed E-state index contributed by atoms with van der Waals surface area (Å²) in [6.07, 6.45) is 1.88. The maximum atomic E-state index is 12.1. The Morgan fingerprint density at radius 2 is 2.25 bits per heavy atom. The number of benzene rings is 1. The van der Waals surface area contributed by atoms with E-state index < -0.39 is 0 Å². The highest BCUT2D eigenvalue weighted by atomic mass is 16.3. The SMILES string of the molecule is CN(CCO)C(=O)[C@@H]1CCc2ccccc21. The Morgan fingerprint density at radius 1 is 1.50 bits per heavy atom. The Hall–Kier alpha value is -1.35. The summed E-state index contributed by atoms with van der Waals surface area (Å²) in [5.41, 5.74) is 2.45. The van der Waals surface area contributed by atoms with E-state index in [-0.39, 0.29) is 18.4 Å². The van der Waals surface area contributed by atoms with Gasteiger partial charge in [-0.2, -0.15) is 0 Å². The molecule has 0 radical (unpaired) electrons. The first-order valence-corrected chi connectivity index (χ1v) is 5.67. The maximum Gasteiger partial charge on any atom is 0.229 e. The summed E-state index contributed by atoms with van der Waals surface area (Å²) in [5.74, 6) is 0.117.